The van der Waals surface area contributed by atoms with Crippen molar-refractivity contribution in [3.05, 3.63) is 29.8 Å². The summed E-state index contributed by atoms with van der Waals surface area (Å²) in [5, 5.41) is 3.41. The average Bonchev–Trinajstić information content (AvgIpc) is 2.29. The molecule has 18 heavy (non-hydrogen) atoms. The van der Waals surface area contributed by atoms with Gasteiger partial charge < -0.3 is 5.32 Å². The van der Waals surface area contributed by atoms with Gasteiger partial charge in [0.2, 0.25) is 0 Å². The molecule has 1 aromatic rings. The minimum Gasteiger partial charge on any atom is -0.309 e. The van der Waals surface area contributed by atoms with Gasteiger partial charge in [0.1, 0.15) is 5.82 Å². The zero-order valence-electron chi connectivity index (χ0n) is 11.7. The van der Waals surface area contributed by atoms with Crippen molar-refractivity contribution in [1.29, 1.82) is 0 Å². The summed E-state index contributed by atoms with van der Waals surface area (Å²) in [5.74, 6) is 0.644. The van der Waals surface area contributed by atoms with Crippen LogP contribution in [0.2, 0.25) is 0 Å². The molecule has 0 bridgehead atoms. The first-order valence-corrected chi connectivity index (χ1v) is 7.39. The number of aromatic nitrogens is 1. The van der Waals surface area contributed by atoms with Crippen molar-refractivity contribution in [2.45, 2.75) is 44.9 Å². The molecule has 1 N–H and O–H groups in total. The smallest absolute Gasteiger partial charge is 0.146 e. The molecule has 0 radical (unpaired) electrons. The average molecular weight is 270 g/mol. The van der Waals surface area contributed by atoms with Crippen LogP contribution in [0.1, 0.15) is 45.7 Å². The highest BCUT2D eigenvalue weighted by Gasteiger charge is 2.19. The first kappa shape index (κ1) is 15.4. The van der Waals surface area contributed by atoms with E-state index in [1.54, 1.807) is 12.3 Å². The molecule has 2 nitrogen and oxygen atoms in total. The van der Waals surface area contributed by atoms with Gasteiger partial charge in [-0.05, 0) is 19.0 Å². The van der Waals surface area contributed by atoms with Gasteiger partial charge >= 0.3 is 0 Å². The lowest BCUT2D eigenvalue weighted by Gasteiger charge is -2.24. The standard InChI is InChI=1S/C14H23FN2S/c1-5-7-17-13(10-18-14(2,3)4)11-6-8-16-9-12(11)15/h6,8-9,13,17H,5,7,10H2,1-4H3. The molecule has 0 aromatic carbocycles. The summed E-state index contributed by atoms with van der Waals surface area (Å²) in [7, 11) is 0. The van der Waals surface area contributed by atoms with Crippen LogP contribution < -0.4 is 5.32 Å². The van der Waals surface area contributed by atoms with Crippen LogP contribution in [0, 0.1) is 5.82 Å². The van der Waals surface area contributed by atoms with Crippen molar-refractivity contribution in [2.24, 2.45) is 0 Å². The van der Waals surface area contributed by atoms with Gasteiger partial charge in [-0.3, -0.25) is 4.98 Å². The van der Waals surface area contributed by atoms with Gasteiger partial charge in [0.15, 0.2) is 0 Å². The maximum absolute atomic E-state index is 13.8. The number of hydrogen-bond donors (Lipinski definition) is 1. The summed E-state index contributed by atoms with van der Waals surface area (Å²) < 4.78 is 14.0. The van der Waals surface area contributed by atoms with E-state index in [4.69, 9.17) is 0 Å². The van der Waals surface area contributed by atoms with E-state index in [2.05, 4.69) is 38.0 Å². The summed E-state index contributed by atoms with van der Waals surface area (Å²) in [6, 6.07) is 1.82. The van der Waals surface area contributed by atoms with E-state index >= 15 is 0 Å². The van der Waals surface area contributed by atoms with Crippen molar-refractivity contribution in [2.75, 3.05) is 12.3 Å². The second-order valence-corrected chi connectivity index (χ2v) is 7.17. The molecule has 0 fully saturated rings. The van der Waals surface area contributed by atoms with Gasteiger partial charge in [-0.15, -0.1) is 0 Å². The molecule has 4 heteroatoms. The SMILES string of the molecule is CCCNC(CSC(C)(C)C)c1ccncc1F. The minimum absolute atomic E-state index is 0.0529. The number of nitrogens with one attached hydrogen (secondary N) is 1. The highest BCUT2D eigenvalue weighted by atomic mass is 32.2. The first-order valence-electron chi connectivity index (χ1n) is 6.41. The van der Waals surface area contributed by atoms with Gasteiger partial charge in [-0.25, -0.2) is 4.39 Å². The molecule has 1 unspecified atom stereocenters. The molecular weight excluding hydrogens is 247 g/mol. The van der Waals surface area contributed by atoms with E-state index in [1.165, 1.54) is 6.20 Å². The van der Waals surface area contributed by atoms with Crippen LogP contribution in [0.5, 0.6) is 0 Å². The lowest BCUT2D eigenvalue weighted by atomic mass is 10.1. The summed E-state index contributed by atoms with van der Waals surface area (Å²) in [5.41, 5.74) is 0.718. The molecule has 0 spiro atoms. The predicted octanol–water partition coefficient (Wildman–Crippen LogP) is 3.79. The lowest BCUT2D eigenvalue weighted by Crippen LogP contribution is -2.26. The second kappa shape index (κ2) is 7.10. The van der Waals surface area contributed by atoms with Gasteiger partial charge in [-0.1, -0.05) is 27.7 Å². The largest absolute Gasteiger partial charge is 0.309 e. The number of thioether (sulfide) groups is 1. The van der Waals surface area contributed by atoms with Gasteiger partial charge in [0, 0.05) is 28.3 Å². The fraction of sp³-hybridized carbons (Fsp3) is 0.643. The zero-order chi connectivity index (χ0) is 13.6. The van der Waals surface area contributed by atoms with Crippen LogP contribution in [0.4, 0.5) is 4.39 Å². The van der Waals surface area contributed by atoms with Gasteiger partial charge in [-0.2, -0.15) is 11.8 Å². The van der Waals surface area contributed by atoms with E-state index in [-0.39, 0.29) is 16.6 Å². The van der Waals surface area contributed by atoms with Crippen LogP contribution >= 0.6 is 11.8 Å². The molecule has 0 aliphatic carbocycles. The Morgan fingerprint density at radius 1 is 1.44 bits per heavy atom. The maximum Gasteiger partial charge on any atom is 0.146 e. The summed E-state index contributed by atoms with van der Waals surface area (Å²) in [4.78, 5) is 3.81. The fourth-order valence-corrected chi connectivity index (χ4v) is 2.54. The Morgan fingerprint density at radius 2 is 2.17 bits per heavy atom. The van der Waals surface area contributed by atoms with Gasteiger partial charge in [0.25, 0.3) is 0 Å². The third kappa shape index (κ3) is 5.36. The Kier molecular flexibility index (Phi) is 6.09. The second-order valence-electron chi connectivity index (χ2n) is 5.33. The topological polar surface area (TPSA) is 24.9 Å². The Balaban J connectivity index is 2.75. The van der Waals surface area contributed by atoms with E-state index in [0.717, 1.165) is 24.3 Å². The van der Waals surface area contributed by atoms with Crippen LogP contribution in [-0.4, -0.2) is 22.0 Å². The maximum atomic E-state index is 13.8. The molecule has 0 saturated carbocycles. The quantitative estimate of drug-likeness (QED) is 0.851. The van der Waals surface area contributed by atoms with Crippen LogP contribution in [0.25, 0.3) is 0 Å². The molecule has 0 aliphatic heterocycles. The summed E-state index contributed by atoms with van der Waals surface area (Å²) >= 11 is 1.85. The Morgan fingerprint density at radius 3 is 2.72 bits per heavy atom. The molecule has 1 aromatic heterocycles. The Bertz CT molecular complexity index is 363. The Hall–Kier alpha value is -0.610. The molecular formula is C14H23FN2S. The molecule has 1 rings (SSSR count). The molecule has 1 atom stereocenters. The van der Waals surface area contributed by atoms with Crippen LogP contribution in [-0.2, 0) is 0 Å². The van der Waals surface area contributed by atoms with E-state index in [0.29, 0.717) is 0 Å². The van der Waals surface area contributed by atoms with Crippen molar-refractivity contribution in [3.63, 3.8) is 0 Å². The van der Waals surface area contributed by atoms with E-state index in [9.17, 15) is 4.39 Å². The number of pyridine rings is 1. The van der Waals surface area contributed by atoms with Gasteiger partial charge in [0.05, 0.1) is 6.20 Å². The third-order valence-corrected chi connectivity index (χ3v) is 3.87. The normalized spacial score (nSPS) is 13.6. The van der Waals surface area contributed by atoms with E-state index in [1.807, 2.05) is 11.8 Å². The highest BCUT2D eigenvalue weighted by molar-refractivity contribution is 8.00. The van der Waals surface area contributed by atoms with Crippen LogP contribution in [0.3, 0.4) is 0 Å². The van der Waals surface area contributed by atoms with Crippen molar-refractivity contribution >= 4 is 11.8 Å². The minimum atomic E-state index is -0.222. The summed E-state index contributed by atoms with van der Waals surface area (Å²) in [6.45, 7) is 9.55. The number of nitrogens with zero attached hydrogens (tertiary/aromatic N) is 1. The number of hydrogen-bond acceptors (Lipinski definition) is 3. The predicted molar refractivity (Wildman–Crippen MR) is 77.4 cm³/mol. The Labute approximate surface area is 114 Å². The third-order valence-electron chi connectivity index (χ3n) is 2.50. The first-order chi connectivity index (χ1) is 8.44. The summed E-state index contributed by atoms with van der Waals surface area (Å²) in [6.07, 6.45) is 3.99. The number of halogens is 1. The lowest BCUT2D eigenvalue weighted by molar-refractivity contribution is 0.528. The van der Waals surface area contributed by atoms with Crippen molar-refractivity contribution in [3.8, 4) is 0 Å². The monoisotopic (exact) mass is 270 g/mol. The van der Waals surface area contributed by atoms with Crippen molar-refractivity contribution < 1.29 is 4.39 Å². The molecule has 0 aliphatic rings. The van der Waals surface area contributed by atoms with Crippen molar-refractivity contribution in [1.82, 2.24) is 10.3 Å². The molecule has 1 heterocycles. The van der Waals surface area contributed by atoms with Crippen LogP contribution in [0.15, 0.2) is 18.5 Å². The number of rotatable bonds is 6. The molecule has 0 amide bonds. The fourth-order valence-electron chi connectivity index (χ4n) is 1.58. The molecule has 102 valence electrons. The zero-order valence-corrected chi connectivity index (χ0v) is 12.5. The highest BCUT2D eigenvalue weighted by Crippen LogP contribution is 2.29. The van der Waals surface area contributed by atoms with E-state index < -0.39 is 0 Å². The molecule has 0 saturated heterocycles.